The molecule has 2 N–H and O–H groups in total. The number of anilines is 1. The van der Waals surface area contributed by atoms with Crippen LogP contribution in [0.5, 0.6) is 5.75 Å². The van der Waals surface area contributed by atoms with Crippen molar-refractivity contribution in [1.29, 1.82) is 0 Å². The molecule has 0 bridgehead atoms. The minimum Gasteiger partial charge on any atom is -0.487 e. The molecule has 26 heavy (non-hydrogen) atoms. The maximum Gasteiger partial charge on any atom is 0.253 e. The number of sulfonamides is 1. The van der Waals surface area contributed by atoms with Gasteiger partial charge < -0.3 is 10.1 Å². The van der Waals surface area contributed by atoms with Gasteiger partial charge in [-0.3, -0.25) is 9.52 Å². The van der Waals surface area contributed by atoms with Crippen molar-refractivity contribution in [2.45, 2.75) is 31.9 Å². The van der Waals surface area contributed by atoms with E-state index in [0.29, 0.717) is 6.42 Å². The molecule has 1 aliphatic heterocycles. The van der Waals surface area contributed by atoms with Crippen molar-refractivity contribution in [3.8, 4) is 5.75 Å². The van der Waals surface area contributed by atoms with Gasteiger partial charge in [0.1, 0.15) is 11.4 Å². The highest BCUT2D eigenvalue weighted by Crippen LogP contribution is 2.39. The molecular weight excluding hydrogens is 352 g/mol. The van der Waals surface area contributed by atoms with Gasteiger partial charge in [-0.15, -0.1) is 0 Å². The van der Waals surface area contributed by atoms with Crippen LogP contribution >= 0.6 is 0 Å². The first-order valence-corrected chi connectivity index (χ1v) is 10.2. The number of para-hydroxylation sites is 2. The zero-order valence-corrected chi connectivity index (χ0v) is 15.8. The SMILES string of the molecule is CC1(C)C[C@H](NC(=O)c2ccccc2NS(C)(=O)=O)c2ccccc2O1. The number of nitrogens with one attached hydrogen (secondary N) is 2. The summed E-state index contributed by atoms with van der Waals surface area (Å²) in [5.74, 6) is 0.408. The van der Waals surface area contributed by atoms with Crippen LogP contribution in [-0.4, -0.2) is 26.2 Å². The van der Waals surface area contributed by atoms with E-state index in [0.717, 1.165) is 17.6 Å². The summed E-state index contributed by atoms with van der Waals surface area (Å²) in [4.78, 5) is 12.9. The number of ether oxygens (including phenoxy) is 1. The van der Waals surface area contributed by atoms with E-state index in [1.54, 1.807) is 24.3 Å². The van der Waals surface area contributed by atoms with Gasteiger partial charge >= 0.3 is 0 Å². The lowest BCUT2D eigenvalue weighted by Crippen LogP contribution is -2.41. The highest BCUT2D eigenvalue weighted by Gasteiger charge is 2.34. The normalized spacial score (nSPS) is 18.3. The fourth-order valence-corrected chi connectivity index (χ4v) is 3.71. The number of hydrogen-bond acceptors (Lipinski definition) is 4. The zero-order valence-electron chi connectivity index (χ0n) is 14.9. The van der Waals surface area contributed by atoms with Crippen molar-refractivity contribution < 1.29 is 17.9 Å². The Balaban J connectivity index is 1.89. The Labute approximate surface area is 153 Å². The number of benzene rings is 2. The fraction of sp³-hybridized carbons (Fsp3) is 0.316. The quantitative estimate of drug-likeness (QED) is 0.861. The molecule has 0 saturated heterocycles. The van der Waals surface area contributed by atoms with Crippen molar-refractivity contribution in [3.63, 3.8) is 0 Å². The molecule has 138 valence electrons. The minimum atomic E-state index is -3.48. The molecule has 6 nitrogen and oxygen atoms in total. The van der Waals surface area contributed by atoms with E-state index in [9.17, 15) is 13.2 Å². The number of rotatable bonds is 4. The molecule has 0 fully saturated rings. The number of carbonyl (C=O) groups is 1. The van der Waals surface area contributed by atoms with Crippen LogP contribution < -0.4 is 14.8 Å². The molecule has 0 aliphatic carbocycles. The van der Waals surface area contributed by atoms with Crippen molar-refractivity contribution in [3.05, 3.63) is 59.7 Å². The first kappa shape index (κ1) is 18.3. The Hall–Kier alpha value is -2.54. The molecule has 1 amide bonds. The molecule has 2 aromatic rings. The Morgan fingerprint density at radius 3 is 2.50 bits per heavy atom. The molecule has 3 rings (SSSR count). The predicted octanol–water partition coefficient (Wildman–Crippen LogP) is 3.09. The minimum absolute atomic E-state index is 0.228. The first-order valence-electron chi connectivity index (χ1n) is 8.30. The van der Waals surface area contributed by atoms with Gasteiger partial charge in [0.2, 0.25) is 10.0 Å². The Bertz CT molecular complexity index is 938. The van der Waals surface area contributed by atoms with Gasteiger partial charge in [0.25, 0.3) is 5.91 Å². The molecule has 1 atom stereocenters. The number of fused-ring (bicyclic) bond motifs is 1. The standard InChI is InChI=1S/C19H22N2O4S/c1-19(2)12-16(13-8-5-7-11-17(13)25-19)20-18(22)14-9-4-6-10-15(14)21-26(3,23)24/h4-11,16,21H,12H2,1-3H3,(H,20,22)/t16-/m0/s1. The second-order valence-corrected chi connectivity index (χ2v) is 8.80. The molecule has 7 heteroatoms. The highest BCUT2D eigenvalue weighted by molar-refractivity contribution is 7.92. The largest absolute Gasteiger partial charge is 0.487 e. The van der Waals surface area contributed by atoms with Crippen molar-refractivity contribution in [2.24, 2.45) is 0 Å². The Kier molecular flexibility index (Phi) is 4.66. The van der Waals surface area contributed by atoms with E-state index in [2.05, 4.69) is 10.0 Å². The summed E-state index contributed by atoms with van der Waals surface area (Å²) in [5, 5.41) is 3.02. The van der Waals surface area contributed by atoms with E-state index in [-0.39, 0.29) is 23.2 Å². The van der Waals surface area contributed by atoms with Crippen molar-refractivity contribution in [2.75, 3.05) is 11.0 Å². The molecule has 1 heterocycles. The van der Waals surface area contributed by atoms with Gasteiger partial charge in [0.15, 0.2) is 0 Å². The summed E-state index contributed by atoms with van der Waals surface area (Å²) in [7, 11) is -3.48. The highest BCUT2D eigenvalue weighted by atomic mass is 32.2. The zero-order chi connectivity index (χ0) is 18.9. The summed E-state index contributed by atoms with van der Waals surface area (Å²) in [5.41, 5.74) is 1.03. The third kappa shape index (κ3) is 4.16. The van der Waals surface area contributed by atoms with Gasteiger partial charge in [-0.1, -0.05) is 30.3 Å². The lowest BCUT2D eigenvalue weighted by Gasteiger charge is -2.38. The van der Waals surface area contributed by atoms with Gasteiger partial charge in [-0.25, -0.2) is 8.42 Å². The molecule has 0 aromatic heterocycles. The van der Waals surface area contributed by atoms with Gasteiger partial charge in [-0.05, 0) is 32.0 Å². The van der Waals surface area contributed by atoms with Gasteiger partial charge in [-0.2, -0.15) is 0 Å². The number of amides is 1. The lowest BCUT2D eigenvalue weighted by atomic mass is 9.89. The molecule has 0 saturated carbocycles. The lowest BCUT2D eigenvalue weighted by molar-refractivity contribution is 0.0620. The molecule has 0 unspecified atom stereocenters. The van der Waals surface area contributed by atoms with Crippen LogP contribution in [0.1, 0.15) is 42.2 Å². The Morgan fingerprint density at radius 2 is 1.77 bits per heavy atom. The van der Waals surface area contributed by atoms with Crippen LogP contribution in [0.25, 0.3) is 0 Å². The van der Waals surface area contributed by atoms with E-state index < -0.39 is 15.6 Å². The van der Waals surface area contributed by atoms with Crippen LogP contribution in [0.3, 0.4) is 0 Å². The predicted molar refractivity (Wildman–Crippen MR) is 101 cm³/mol. The van der Waals surface area contributed by atoms with Crippen LogP contribution in [0.15, 0.2) is 48.5 Å². The van der Waals surface area contributed by atoms with E-state index in [1.165, 1.54) is 0 Å². The van der Waals surface area contributed by atoms with Crippen LogP contribution in [0.4, 0.5) is 5.69 Å². The third-order valence-electron chi connectivity index (χ3n) is 4.15. The Morgan fingerprint density at radius 1 is 1.12 bits per heavy atom. The number of carbonyl (C=O) groups excluding carboxylic acids is 1. The monoisotopic (exact) mass is 374 g/mol. The molecule has 0 radical (unpaired) electrons. The summed E-state index contributed by atoms with van der Waals surface area (Å²) < 4.78 is 31.5. The van der Waals surface area contributed by atoms with Crippen LogP contribution in [-0.2, 0) is 10.0 Å². The average molecular weight is 374 g/mol. The van der Waals surface area contributed by atoms with Crippen molar-refractivity contribution in [1.82, 2.24) is 5.32 Å². The topological polar surface area (TPSA) is 84.5 Å². The van der Waals surface area contributed by atoms with Crippen molar-refractivity contribution >= 4 is 21.6 Å². The second kappa shape index (κ2) is 6.64. The summed E-state index contributed by atoms with van der Waals surface area (Å²) in [6.45, 7) is 3.95. The third-order valence-corrected chi connectivity index (χ3v) is 4.74. The molecular formula is C19H22N2O4S. The molecule has 2 aromatic carbocycles. The fourth-order valence-electron chi connectivity index (χ4n) is 3.14. The second-order valence-electron chi connectivity index (χ2n) is 7.05. The first-order chi connectivity index (χ1) is 12.1. The summed E-state index contributed by atoms with van der Waals surface area (Å²) in [6.07, 6.45) is 1.66. The smallest absolute Gasteiger partial charge is 0.253 e. The van der Waals surface area contributed by atoms with E-state index in [1.807, 2.05) is 38.1 Å². The van der Waals surface area contributed by atoms with E-state index in [4.69, 9.17) is 4.74 Å². The van der Waals surface area contributed by atoms with Gasteiger partial charge in [0, 0.05) is 12.0 Å². The average Bonchev–Trinajstić information content (AvgIpc) is 2.52. The molecule has 0 spiro atoms. The summed E-state index contributed by atoms with van der Waals surface area (Å²) >= 11 is 0. The maximum atomic E-state index is 12.9. The van der Waals surface area contributed by atoms with Crippen LogP contribution in [0, 0.1) is 0 Å². The van der Waals surface area contributed by atoms with Crippen LogP contribution in [0.2, 0.25) is 0 Å². The maximum absolute atomic E-state index is 12.9. The number of hydrogen-bond donors (Lipinski definition) is 2. The van der Waals surface area contributed by atoms with Gasteiger partial charge in [0.05, 0.1) is 23.5 Å². The van der Waals surface area contributed by atoms with E-state index >= 15 is 0 Å². The summed E-state index contributed by atoms with van der Waals surface area (Å²) in [6, 6.07) is 13.9. The molecule has 1 aliphatic rings.